The molecule has 1 atom stereocenters. The maximum absolute atomic E-state index is 13.4. The highest BCUT2D eigenvalue weighted by atomic mass is 32.2. The van der Waals surface area contributed by atoms with Crippen LogP contribution in [-0.2, 0) is 16.0 Å². The van der Waals surface area contributed by atoms with Crippen molar-refractivity contribution in [3.05, 3.63) is 76.3 Å². The lowest BCUT2D eigenvalue weighted by Crippen LogP contribution is -2.38. The molecule has 0 radical (unpaired) electrons. The number of anilines is 1. The molecule has 0 bridgehead atoms. The molecule has 3 aromatic rings. The number of nitrogens with two attached hydrogens (primary N) is 1. The Morgan fingerprint density at radius 2 is 1.89 bits per heavy atom. The summed E-state index contributed by atoms with van der Waals surface area (Å²) in [4.78, 5) is 27.6. The molecule has 0 saturated carbocycles. The standard InChI is InChI=1S/C31H32N6O5S2/c1-40-23-10-5-4-7-19(23)27-20(16-32)29(33)37(21-8-6-9-22(38)28(21)27)30-35-36-31(44-30)43-17-26(39)34-14-13-18-11-12-24(41-2)25(15-18)42-3/h4-5,7,10-12,15,27H,6,8-9,13-14,17,33H2,1-3H3,(H,34,39). The molecule has 44 heavy (non-hydrogen) atoms. The quantitative estimate of drug-likeness (QED) is 0.291. The summed E-state index contributed by atoms with van der Waals surface area (Å²) in [7, 11) is 4.73. The van der Waals surface area contributed by atoms with Crippen LogP contribution in [0.5, 0.6) is 17.2 Å². The second-order valence-electron chi connectivity index (χ2n) is 9.99. The Hall–Kier alpha value is -4.54. The van der Waals surface area contributed by atoms with Crippen molar-refractivity contribution in [3.8, 4) is 23.3 Å². The second kappa shape index (κ2) is 13.8. The maximum atomic E-state index is 13.4. The third kappa shape index (κ3) is 6.22. The van der Waals surface area contributed by atoms with Crippen molar-refractivity contribution in [2.24, 2.45) is 5.73 Å². The van der Waals surface area contributed by atoms with E-state index in [1.807, 2.05) is 36.4 Å². The van der Waals surface area contributed by atoms with Crippen LogP contribution in [0.4, 0.5) is 5.13 Å². The summed E-state index contributed by atoms with van der Waals surface area (Å²) < 4.78 is 16.8. The fourth-order valence-corrected chi connectivity index (χ4v) is 7.14. The zero-order valence-corrected chi connectivity index (χ0v) is 26.2. The molecule has 1 aliphatic carbocycles. The van der Waals surface area contributed by atoms with Crippen molar-refractivity contribution in [2.75, 3.05) is 38.5 Å². The summed E-state index contributed by atoms with van der Waals surface area (Å²) in [5.41, 5.74) is 9.88. The topological polar surface area (TPSA) is 153 Å². The van der Waals surface area contributed by atoms with Gasteiger partial charge in [-0.25, -0.2) is 0 Å². The van der Waals surface area contributed by atoms with Crippen LogP contribution in [0.25, 0.3) is 0 Å². The number of Topliss-reactive ketones (excluding diaryl/α,β-unsaturated/α-hetero) is 1. The number of hydrogen-bond donors (Lipinski definition) is 2. The van der Waals surface area contributed by atoms with Crippen molar-refractivity contribution < 1.29 is 23.8 Å². The van der Waals surface area contributed by atoms with Crippen LogP contribution >= 0.6 is 23.1 Å². The zero-order valence-electron chi connectivity index (χ0n) is 24.6. The molecule has 1 unspecified atom stereocenters. The van der Waals surface area contributed by atoms with Gasteiger partial charge in [-0.05, 0) is 43.0 Å². The van der Waals surface area contributed by atoms with Gasteiger partial charge in [-0.1, -0.05) is 47.4 Å². The molecule has 1 aromatic heterocycles. The van der Waals surface area contributed by atoms with Crippen molar-refractivity contribution in [1.82, 2.24) is 15.5 Å². The third-order valence-electron chi connectivity index (χ3n) is 7.46. The van der Waals surface area contributed by atoms with Crippen molar-refractivity contribution in [3.63, 3.8) is 0 Å². The van der Waals surface area contributed by atoms with E-state index >= 15 is 0 Å². The number of amides is 1. The van der Waals surface area contributed by atoms with E-state index < -0.39 is 5.92 Å². The largest absolute Gasteiger partial charge is 0.496 e. The summed E-state index contributed by atoms with van der Waals surface area (Å²) in [5.74, 6) is 1.41. The summed E-state index contributed by atoms with van der Waals surface area (Å²) in [6.07, 6.45) is 2.27. The van der Waals surface area contributed by atoms with Crippen LogP contribution in [0.15, 0.2) is 69.5 Å². The number of rotatable bonds is 11. The molecule has 0 saturated heterocycles. The van der Waals surface area contributed by atoms with Crippen molar-refractivity contribution in [1.29, 1.82) is 5.26 Å². The molecule has 0 fully saturated rings. The van der Waals surface area contributed by atoms with Crippen LogP contribution in [0.2, 0.25) is 0 Å². The van der Waals surface area contributed by atoms with Gasteiger partial charge in [0.1, 0.15) is 11.6 Å². The van der Waals surface area contributed by atoms with Gasteiger partial charge >= 0.3 is 0 Å². The van der Waals surface area contributed by atoms with E-state index in [0.29, 0.717) is 75.8 Å². The molecule has 3 N–H and O–H groups in total. The Balaban J connectivity index is 1.30. The number of nitrogens with zero attached hydrogens (tertiary/aromatic N) is 4. The predicted molar refractivity (Wildman–Crippen MR) is 168 cm³/mol. The molecular weight excluding hydrogens is 601 g/mol. The Kier molecular flexibility index (Phi) is 9.72. The average molecular weight is 633 g/mol. The van der Waals surface area contributed by atoms with Crippen molar-refractivity contribution in [2.45, 2.75) is 35.9 Å². The molecular formula is C31H32N6O5S2. The summed E-state index contributed by atoms with van der Waals surface area (Å²) in [6.45, 7) is 0.459. The minimum absolute atomic E-state index is 0.0312. The van der Waals surface area contributed by atoms with Gasteiger partial charge in [0, 0.05) is 29.8 Å². The molecule has 13 heteroatoms. The number of thioether (sulfide) groups is 1. The first-order valence-electron chi connectivity index (χ1n) is 13.9. The smallest absolute Gasteiger partial charge is 0.230 e. The molecule has 1 amide bonds. The number of ether oxygens (including phenoxy) is 3. The zero-order chi connectivity index (χ0) is 31.2. The number of ketones is 1. The molecule has 2 heterocycles. The number of allylic oxidation sites excluding steroid dienone is 3. The monoisotopic (exact) mass is 632 g/mol. The van der Waals surface area contributed by atoms with Gasteiger partial charge in [-0.15, -0.1) is 10.2 Å². The van der Waals surface area contributed by atoms with Gasteiger partial charge in [-0.2, -0.15) is 5.26 Å². The lowest BCUT2D eigenvalue weighted by molar-refractivity contribution is -0.118. The molecule has 228 valence electrons. The number of para-hydroxylation sites is 1. The Morgan fingerprint density at radius 3 is 2.64 bits per heavy atom. The van der Waals surface area contributed by atoms with Crippen LogP contribution in [0, 0.1) is 11.3 Å². The number of carbonyl (C=O) groups is 2. The summed E-state index contributed by atoms with van der Waals surface area (Å²) in [6, 6.07) is 15.3. The number of nitrogens with one attached hydrogen (secondary N) is 1. The van der Waals surface area contributed by atoms with E-state index in [2.05, 4.69) is 21.6 Å². The lowest BCUT2D eigenvalue weighted by atomic mass is 9.75. The lowest BCUT2D eigenvalue weighted by Gasteiger charge is -2.38. The van der Waals surface area contributed by atoms with Gasteiger partial charge < -0.3 is 25.3 Å². The van der Waals surface area contributed by atoms with E-state index in [-0.39, 0.29) is 28.8 Å². The number of nitriles is 1. The predicted octanol–water partition coefficient (Wildman–Crippen LogP) is 4.32. The average Bonchev–Trinajstić information content (AvgIpc) is 3.51. The van der Waals surface area contributed by atoms with Gasteiger partial charge in [0.05, 0.1) is 44.6 Å². The number of carbonyl (C=O) groups excluding carboxylic acids is 2. The first kappa shape index (κ1) is 30.9. The fraction of sp³-hybridized carbons (Fsp3) is 0.323. The van der Waals surface area contributed by atoms with E-state index in [1.54, 1.807) is 32.3 Å². The Labute approximate surface area is 263 Å². The van der Waals surface area contributed by atoms with Gasteiger partial charge in [0.25, 0.3) is 0 Å². The van der Waals surface area contributed by atoms with Gasteiger partial charge in [0.2, 0.25) is 11.0 Å². The first-order chi connectivity index (χ1) is 21.4. The highest BCUT2D eigenvalue weighted by Gasteiger charge is 2.42. The molecule has 11 nitrogen and oxygen atoms in total. The van der Waals surface area contributed by atoms with E-state index in [4.69, 9.17) is 19.9 Å². The van der Waals surface area contributed by atoms with Crippen LogP contribution in [0.3, 0.4) is 0 Å². The van der Waals surface area contributed by atoms with Crippen LogP contribution in [-0.4, -0.2) is 55.5 Å². The number of aromatic nitrogens is 2. The minimum Gasteiger partial charge on any atom is -0.496 e. The highest BCUT2D eigenvalue weighted by molar-refractivity contribution is 8.01. The van der Waals surface area contributed by atoms with E-state index in [1.165, 1.54) is 23.1 Å². The minimum atomic E-state index is -0.639. The Morgan fingerprint density at radius 1 is 1.11 bits per heavy atom. The van der Waals surface area contributed by atoms with E-state index in [0.717, 1.165) is 5.56 Å². The van der Waals surface area contributed by atoms with E-state index in [9.17, 15) is 14.9 Å². The SMILES string of the molecule is COc1ccc(CCNC(=O)CSc2nnc(N3C(N)=C(C#N)C(c4ccccc4OC)C4=C3CCCC4=O)s2)cc1OC. The molecule has 0 spiro atoms. The number of methoxy groups -OCH3 is 3. The van der Waals surface area contributed by atoms with Crippen molar-refractivity contribution >= 4 is 39.9 Å². The second-order valence-corrected chi connectivity index (χ2v) is 12.2. The number of benzene rings is 2. The number of hydrogen-bond acceptors (Lipinski definition) is 12. The molecule has 1 aliphatic heterocycles. The summed E-state index contributed by atoms with van der Waals surface area (Å²) >= 11 is 2.51. The highest BCUT2D eigenvalue weighted by Crippen LogP contribution is 2.48. The first-order valence-corrected chi connectivity index (χ1v) is 15.7. The third-order valence-corrected chi connectivity index (χ3v) is 9.50. The van der Waals surface area contributed by atoms with Crippen LogP contribution < -0.4 is 30.2 Å². The van der Waals surface area contributed by atoms with Gasteiger partial charge in [-0.3, -0.25) is 14.5 Å². The Bertz CT molecular complexity index is 1680. The normalized spacial score (nSPS) is 16.4. The maximum Gasteiger partial charge on any atom is 0.230 e. The van der Waals surface area contributed by atoms with Gasteiger partial charge in [0.15, 0.2) is 21.6 Å². The summed E-state index contributed by atoms with van der Waals surface area (Å²) in [5, 5.41) is 22.2. The molecule has 2 aromatic carbocycles. The van der Waals surface area contributed by atoms with Crippen LogP contribution in [0.1, 0.15) is 36.3 Å². The molecule has 2 aliphatic rings. The molecule has 5 rings (SSSR count). The fourth-order valence-electron chi connectivity index (χ4n) is 5.43.